The highest BCUT2D eigenvalue weighted by Crippen LogP contribution is 2.17. The molecule has 5 nitrogen and oxygen atoms in total. The third-order valence-corrected chi connectivity index (χ3v) is 4.57. The second kappa shape index (κ2) is 14.8. The summed E-state index contributed by atoms with van der Waals surface area (Å²) in [6, 6.07) is 2.48. The summed E-state index contributed by atoms with van der Waals surface area (Å²) >= 11 is 0. The number of hydrogen-bond donors (Lipinski definition) is 1. The van der Waals surface area contributed by atoms with Crippen LogP contribution in [0.2, 0.25) is 0 Å². The molecule has 0 radical (unpaired) electrons. The van der Waals surface area contributed by atoms with Gasteiger partial charge in [-0.3, -0.25) is 0 Å². The molecule has 0 aromatic heterocycles. The molecule has 1 aromatic rings. The summed E-state index contributed by atoms with van der Waals surface area (Å²) in [4.78, 5) is 23.3. The molecule has 0 heterocycles. The number of rotatable bonds is 13. The molecule has 1 N–H and O–H groups in total. The van der Waals surface area contributed by atoms with E-state index in [2.05, 4.69) is 11.7 Å². The molecule has 1 rings (SSSR count). The van der Waals surface area contributed by atoms with Crippen molar-refractivity contribution < 1.29 is 27.8 Å². The monoisotopic (exact) mass is 413 g/mol. The lowest BCUT2D eigenvalue weighted by Crippen LogP contribution is -2.35. The summed E-state index contributed by atoms with van der Waals surface area (Å²) in [6.07, 6.45) is 10.4. The predicted octanol–water partition coefficient (Wildman–Crippen LogP) is 6.89. The van der Waals surface area contributed by atoms with Crippen molar-refractivity contribution >= 4 is 12.2 Å². The van der Waals surface area contributed by atoms with Crippen molar-refractivity contribution in [3.8, 4) is 5.75 Å². The van der Waals surface area contributed by atoms with Crippen LogP contribution in [0.4, 0.5) is 18.4 Å². The first-order valence-electron chi connectivity index (χ1n) is 10.6. The third kappa shape index (κ3) is 12.1. The van der Waals surface area contributed by atoms with Crippen LogP contribution >= 0.6 is 0 Å². The van der Waals surface area contributed by atoms with E-state index in [0.29, 0.717) is 12.5 Å². The Balaban J connectivity index is 2.09. The van der Waals surface area contributed by atoms with Gasteiger partial charge in [0.15, 0.2) is 11.6 Å². The van der Waals surface area contributed by atoms with Crippen molar-refractivity contribution in [1.29, 1.82) is 0 Å². The van der Waals surface area contributed by atoms with E-state index in [4.69, 9.17) is 4.74 Å². The Morgan fingerprint density at radius 3 is 2.10 bits per heavy atom. The summed E-state index contributed by atoms with van der Waals surface area (Å²) in [5.74, 6) is -2.31. The summed E-state index contributed by atoms with van der Waals surface area (Å²) < 4.78 is 35.9. The van der Waals surface area contributed by atoms with Gasteiger partial charge >= 0.3 is 12.2 Å². The van der Waals surface area contributed by atoms with Crippen LogP contribution in [-0.4, -0.2) is 18.3 Å². The van der Waals surface area contributed by atoms with Crippen LogP contribution in [0.15, 0.2) is 18.2 Å². The molecule has 0 aliphatic carbocycles. The fourth-order valence-corrected chi connectivity index (χ4v) is 2.96. The third-order valence-electron chi connectivity index (χ3n) is 4.57. The minimum Gasteiger partial charge on any atom is -0.446 e. The number of alkyl carbamates (subject to hydrolysis) is 1. The quantitative estimate of drug-likeness (QED) is 0.358. The van der Waals surface area contributed by atoms with Gasteiger partial charge in [-0.05, 0) is 31.9 Å². The minimum atomic E-state index is -1.19. The Labute approximate surface area is 172 Å². The number of ether oxygens (including phenoxy) is 2. The van der Waals surface area contributed by atoms with Crippen LogP contribution in [0.25, 0.3) is 0 Å². The van der Waals surface area contributed by atoms with Gasteiger partial charge in [-0.2, -0.15) is 0 Å². The zero-order chi connectivity index (χ0) is 21.5. The van der Waals surface area contributed by atoms with Crippen LogP contribution in [0.5, 0.6) is 5.75 Å². The molecule has 1 atom stereocenters. The molecule has 0 spiro atoms. The first-order valence-corrected chi connectivity index (χ1v) is 10.6. The highest BCUT2D eigenvalue weighted by Gasteiger charge is 2.16. The predicted molar refractivity (Wildman–Crippen MR) is 108 cm³/mol. The van der Waals surface area contributed by atoms with E-state index in [1.807, 2.05) is 5.32 Å². The standard InChI is InChI=1S/C22H33F2NO4/c1-3-4-5-6-7-8-9-10-11-12-13-17(2)28-21(26)25-22(27)29-20-15-14-18(23)16-19(20)24/h14-17H,3-13H2,1-2H3,(H,25,26,27). The molecular formula is C22H33F2NO4. The Kier molecular flexibility index (Phi) is 12.7. The maximum atomic E-state index is 13.4. The van der Waals surface area contributed by atoms with Crippen LogP contribution < -0.4 is 10.1 Å². The van der Waals surface area contributed by atoms with Crippen molar-refractivity contribution in [3.05, 3.63) is 29.8 Å². The summed E-state index contributed by atoms with van der Waals surface area (Å²) in [7, 11) is 0. The maximum absolute atomic E-state index is 13.4. The number of hydrogen-bond acceptors (Lipinski definition) is 4. The van der Waals surface area contributed by atoms with Gasteiger partial charge in [-0.15, -0.1) is 0 Å². The molecule has 0 saturated carbocycles. The smallest absolute Gasteiger partial charge is 0.422 e. The fraction of sp³-hybridized carbons (Fsp3) is 0.636. The molecule has 0 fully saturated rings. The number of halogens is 2. The van der Waals surface area contributed by atoms with Crippen molar-refractivity contribution in [2.45, 2.75) is 90.6 Å². The average molecular weight is 414 g/mol. The molecule has 0 bridgehead atoms. The van der Waals surface area contributed by atoms with Gasteiger partial charge in [0, 0.05) is 6.07 Å². The van der Waals surface area contributed by atoms with E-state index in [-0.39, 0.29) is 6.10 Å². The molecule has 1 aromatic carbocycles. The molecule has 2 amide bonds. The maximum Gasteiger partial charge on any atom is 0.422 e. The highest BCUT2D eigenvalue weighted by atomic mass is 19.1. The molecule has 0 saturated heterocycles. The fourth-order valence-electron chi connectivity index (χ4n) is 2.96. The minimum absolute atomic E-state index is 0.348. The number of carbonyl (C=O) groups is 2. The SMILES string of the molecule is CCCCCCCCCCCCC(C)OC(=O)NC(=O)Oc1ccc(F)cc1F. The Bertz CT molecular complexity index is 625. The van der Waals surface area contributed by atoms with Gasteiger partial charge in [0.25, 0.3) is 0 Å². The normalized spacial score (nSPS) is 11.7. The second-order valence-electron chi connectivity index (χ2n) is 7.28. The zero-order valence-corrected chi connectivity index (χ0v) is 17.5. The lowest BCUT2D eigenvalue weighted by Gasteiger charge is -2.13. The highest BCUT2D eigenvalue weighted by molar-refractivity contribution is 5.88. The van der Waals surface area contributed by atoms with Crippen molar-refractivity contribution in [1.82, 2.24) is 5.32 Å². The van der Waals surface area contributed by atoms with E-state index < -0.39 is 29.6 Å². The van der Waals surface area contributed by atoms with Gasteiger partial charge in [0.05, 0.1) is 0 Å². The molecule has 0 aliphatic rings. The summed E-state index contributed by atoms with van der Waals surface area (Å²) in [5.41, 5.74) is 0. The molecule has 7 heteroatoms. The Morgan fingerprint density at radius 2 is 1.52 bits per heavy atom. The Morgan fingerprint density at radius 1 is 0.931 bits per heavy atom. The largest absolute Gasteiger partial charge is 0.446 e. The van der Waals surface area contributed by atoms with Crippen LogP contribution in [0.3, 0.4) is 0 Å². The molecule has 0 aliphatic heterocycles. The van der Waals surface area contributed by atoms with E-state index in [9.17, 15) is 18.4 Å². The second-order valence-corrected chi connectivity index (χ2v) is 7.28. The van der Waals surface area contributed by atoms with Gasteiger partial charge in [-0.25, -0.2) is 23.7 Å². The lowest BCUT2D eigenvalue weighted by molar-refractivity contribution is 0.0996. The van der Waals surface area contributed by atoms with Gasteiger partial charge in [0.1, 0.15) is 11.9 Å². The molecule has 164 valence electrons. The first kappa shape index (κ1) is 24.9. The molecule has 1 unspecified atom stereocenters. The zero-order valence-electron chi connectivity index (χ0n) is 17.5. The van der Waals surface area contributed by atoms with E-state index in [1.54, 1.807) is 6.92 Å². The summed E-state index contributed by atoms with van der Waals surface area (Å²) in [6.45, 7) is 3.97. The number of imide groups is 1. The number of benzene rings is 1. The topological polar surface area (TPSA) is 64.6 Å². The van der Waals surface area contributed by atoms with Crippen LogP contribution in [0.1, 0.15) is 84.5 Å². The van der Waals surface area contributed by atoms with Crippen LogP contribution in [-0.2, 0) is 4.74 Å². The van der Waals surface area contributed by atoms with Gasteiger partial charge < -0.3 is 9.47 Å². The van der Waals surface area contributed by atoms with Gasteiger partial charge in [0.2, 0.25) is 0 Å². The van der Waals surface area contributed by atoms with E-state index >= 15 is 0 Å². The lowest BCUT2D eigenvalue weighted by atomic mass is 10.1. The number of unbranched alkanes of at least 4 members (excludes halogenated alkanes) is 9. The number of carbonyl (C=O) groups excluding carboxylic acids is 2. The molecule has 29 heavy (non-hydrogen) atoms. The van der Waals surface area contributed by atoms with Crippen LogP contribution in [0, 0.1) is 11.6 Å². The van der Waals surface area contributed by atoms with Gasteiger partial charge in [-0.1, -0.05) is 64.7 Å². The van der Waals surface area contributed by atoms with Crippen molar-refractivity contribution in [2.75, 3.05) is 0 Å². The number of amides is 2. The van der Waals surface area contributed by atoms with Crippen molar-refractivity contribution in [2.24, 2.45) is 0 Å². The van der Waals surface area contributed by atoms with Crippen molar-refractivity contribution in [3.63, 3.8) is 0 Å². The van der Waals surface area contributed by atoms with E-state index in [1.165, 1.54) is 51.4 Å². The average Bonchev–Trinajstić information content (AvgIpc) is 2.65. The number of nitrogens with one attached hydrogen (secondary N) is 1. The summed E-state index contributed by atoms with van der Waals surface area (Å²) in [5, 5.41) is 1.86. The molecular weight excluding hydrogens is 380 g/mol. The van der Waals surface area contributed by atoms with E-state index in [0.717, 1.165) is 25.0 Å². The first-order chi connectivity index (χ1) is 13.9. The Hall–Kier alpha value is -2.18.